The second-order valence-electron chi connectivity index (χ2n) is 1.71. The van der Waals surface area contributed by atoms with Crippen LogP contribution in [0.2, 0.25) is 0 Å². The Labute approximate surface area is 122 Å². The summed E-state index contributed by atoms with van der Waals surface area (Å²) in [5.41, 5.74) is 0. The van der Waals surface area contributed by atoms with E-state index in [0.717, 1.165) is 13.2 Å². The zero-order valence-electron chi connectivity index (χ0n) is 9.80. The van der Waals surface area contributed by atoms with Gasteiger partial charge in [-0.15, -0.1) is 0 Å². The van der Waals surface area contributed by atoms with Crippen LogP contribution in [0.5, 0.6) is 0 Å². The maximum Gasteiger partial charge on any atom is 0.140 e. The van der Waals surface area contributed by atoms with Crippen molar-refractivity contribution in [1.29, 1.82) is 0 Å². The summed E-state index contributed by atoms with van der Waals surface area (Å²) in [6.45, 7) is 10.1. The molecule has 4 nitrogen and oxygen atoms in total. The summed E-state index contributed by atoms with van der Waals surface area (Å²) in [6.07, 6.45) is 0. The zero-order chi connectivity index (χ0) is 10.9. The molecule has 0 spiro atoms. The van der Waals surface area contributed by atoms with E-state index in [4.69, 9.17) is 17.8 Å². The van der Waals surface area contributed by atoms with E-state index in [0.29, 0.717) is 13.2 Å². The van der Waals surface area contributed by atoms with Crippen LogP contribution < -0.4 is 0 Å². The summed E-state index contributed by atoms with van der Waals surface area (Å²) >= 11 is -0.178. The molecule has 0 saturated carbocycles. The Morgan fingerprint density at radius 1 is 0.857 bits per heavy atom. The second kappa shape index (κ2) is 36.5. The summed E-state index contributed by atoms with van der Waals surface area (Å²) in [6, 6.07) is 0. The molecule has 0 saturated heterocycles. The van der Waals surface area contributed by atoms with Gasteiger partial charge in [-0.3, -0.25) is 0 Å². The van der Waals surface area contributed by atoms with Crippen molar-refractivity contribution in [1.82, 2.24) is 0 Å². The van der Waals surface area contributed by atoms with Crippen LogP contribution in [0.15, 0.2) is 0 Å². The van der Waals surface area contributed by atoms with Crippen molar-refractivity contribution in [3.63, 3.8) is 0 Å². The molecule has 0 aromatic carbocycles. The Hall–Kier alpha value is 1.57. The molecule has 0 fully saturated rings. The minimum Gasteiger partial charge on any atom is -0.679 e. The summed E-state index contributed by atoms with van der Waals surface area (Å²) in [5.74, 6) is 0. The molecule has 0 unspecified atom stereocenters. The van der Waals surface area contributed by atoms with Crippen LogP contribution in [-0.2, 0) is 7.58 Å². The third-order valence-corrected chi connectivity index (χ3v) is 1.41. The second-order valence-corrected chi connectivity index (χ2v) is 2.57. The van der Waals surface area contributed by atoms with E-state index in [1.165, 1.54) is 0 Å². The molecule has 0 amide bonds. The first-order chi connectivity index (χ1) is 6.24. The molecule has 14 heavy (non-hydrogen) atoms. The van der Waals surface area contributed by atoms with E-state index < -0.39 is 0 Å². The van der Waals surface area contributed by atoms with Crippen molar-refractivity contribution < 1.29 is 53.4 Å². The average Bonchev–Trinajstić information content (AvgIpc) is 2.08. The molecule has 0 aromatic rings. The van der Waals surface area contributed by atoms with Crippen LogP contribution in [-0.4, -0.2) is 52.5 Å². The van der Waals surface area contributed by atoms with Gasteiger partial charge in [0.15, 0.2) is 0 Å². The molecule has 85 valence electrons. The molecule has 0 aromatic heterocycles. The van der Waals surface area contributed by atoms with Crippen molar-refractivity contribution >= 4 is 15.9 Å². The Morgan fingerprint density at radius 3 is 1.21 bits per heavy atom. The van der Waals surface area contributed by atoms with Gasteiger partial charge in [0, 0.05) is 49.4 Å². The van der Waals surface area contributed by atoms with Crippen LogP contribution in [0.3, 0.4) is 0 Å². The minimum atomic E-state index is -0.178. The van der Waals surface area contributed by atoms with Crippen molar-refractivity contribution in [2.24, 2.45) is 0 Å². The molecule has 0 heterocycles. The molecule has 0 rings (SSSR count). The Kier molecular flexibility index (Phi) is 64.4. The first-order valence-electron chi connectivity index (χ1n) is 4.58. The summed E-state index contributed by atoms with van der Waals surface area (Å²) in [5, 5.41) is 12.4. The van der Waals surface area contributed by atoms with Gasteiger partial charge in [-0.05, 0) is 27.1 Å². The molecule has 0 atom stereocenters. The van der Waals surface area contributed by atoms with Gasteiger partial charge in [-0.25, -0.2) is 0 Å². The van der Waals surface area contributed by atoms with Crippen molar-refractivity contribution in [3.05, 3.63) is 0 Å². The van der Waals surface area contributed by atoms with Crippen LogP contribution in [0.1, 0.15) is 27.7 Å². The quantitative estimate of drug-likeness (QED) is 0.409. The van der Waals surface area contributed by atoms with Crippen LogP contribution in [0.25, 0.3) is 0 Å². The average molecular weight is 350 g/mol. The maximum absolute atomic E-state index is 6.21. The van der Waals surface area contributed by atoms with Crippen LogP contribution in [0, 0.1) is 35.6 Å². The molecule has 0 bridgehead atoms. The minimum absolute atomic E-state index is 0. The Morgan fingerprint density at radius 2 is 1.07 bits per heavy atom. The molecule has 0 aliphatic carbocycles. The monoisotopic (exact) mass is 350 g/mol. The molecular weight excluding hydrogens is 326 g/mol. The van der Waals surface area contributed by atoms with Crippen molar-refractivity contribution in [2.75, 3.05) is 26.4 Å². The summed E-state index contributed by atoms with van der Waals surface area (Å²) < 4.78 is 9.87. The van der Waals surface area contributed by atoms with E-state index in [-0.39, 0.29) is 51.5 Å². The first kappa shape index (κ1) is 24.7. The van der Waals surface area contributed by atoms with E-state index in [9.17, 15) is 0 Å². The molecular formula is C8H24AlLaO4+. The van der Waals surface area contributed by atoms with E-state index in [1.807, 2.05) is 13.8 Å². The number of rotatable bonds is 4. The fourth-order valence-corrected chi connectivity index (χ4v) is 0.553. The van der Waals surface area contributed by atoms with Crippen molar-refractivity contribution in [2.45, 2.75) is 27.7 Å². The van der Waals surface area contributed by atoms with Gasteiger partial charge in [-0.2, -0.15) is 0 Å². The van der Waals surface area contributed by atoms with Crippen LogP contribution in [0.4, 0.5) is 0 Å². The topological polar surface area (TPSA) is 64.3 Å². The normalized spacial score (nSPS) is 7.29. The van der Waals surface area contributed by atoms with Gasteiger partial charge in [0.05, 0.1) is 0 Å². The molecule has 0 aliphatic rings. The van der Waals surface area contributed by atoms with Crippen LogP contribution >= 0.6 is 0 Å². The predicted molar refractivity (Wildman–Crippen MR) is 57.3 cm³/mol. The number of hydrogen-bond donors (Lipinski definition) is 0. The SMILES string of the molecule is CC[OH2+].CC[OH2+].CC[O][Al-][O]CC.[La]. The standard InChI is InChI=1S/2C2H6O.2C2H5O.Al.La/c4*1-2-3;;/h2*3H,2H2,1H3;2*2H2,1H3;;/q;;2*-1;+1;/p+2. The molecule has 0 aliphatic heterocycles. The zero-order valence-corrected chi connectivity index (χ0v) is 14.6. The first-order valence-corrected chi connectivity index (χ1v) is 5.53. The molecule has 4 N–H and O–H groups in total. The third-order valence-electron chi connectivity index (χ3n) is 0.469. The van der Waals surface area contributed by atoms with Gasteiger partial charge in [0.25, 0.3) is 0 Å². The maximum atomic E-state index is 6.21. The fourth-order valence-electron chi connectivity index (χ4n) is 0.184. The van der Waals surface area contributed by atoms with Gasteiger partial charge >= 0.3 is 0 Å². The Bertz CT molecular complexity index is 54.6. The van der Waals surface area contributed by atoms with Crippen molar-refractivity contribution in [3.8, 4) is 0 Å². The number of hydrogen-bond acceptors (Lipinski definition) is 2. The van der Waals surface area contributed by atoms with E-state index in [2.05, 4.69) is 0 Å². The van der Waals surface area contributed by atoms with E-state index in [1.54, 1.807) is 13.8 Å². The van der Waals surface area contributed by atoms with Gasteiger partial charge in [0.1, 0.15) is 29.1 Å². The molecule has 3 radical (unpaired) electrons. The smallest absolute Gasteiger partial charge is 0.140 e. The van der Waals surface area contributed by atoms with E-state index >= 15 is 0 Å². The summed E-state index contributed by atoms with van der Waals surface area (Å²) in [4.78, 5) is 0. The molecule has 6 heteroatoms. The summed E-state index contributed by atoms with van der Waals surface area (Å²) in [7, 11) is 0. The van der Waals surface area contributed by atoms with Gasteiger partial charge in [-0.1, -0.05) is 0 Å². The largest absolute Gasteiger partial charge is 0.679 e. The van der Waals surface area contributed by atoms with Gasteiger partial charge < -0.3 is 17.8 Å². The third kappa shape index (κ3) is 69.1. The Balaban J connectivity index is -0.0000000610. The fraction of sp³-hybridized carbons (Fsp3) is 1.00. The van der Waals surface area contributed by atoms with Gasteiger partial charge in [0.2, 0.25) is 0 Å². The predicted octanol–water partition coefficient (Wildman–Crippen LogP) is 0.0554.